The Bertz CT molecular complexity index is 412. The van der Waals surface area contributed by atoms with Crippen LogP contribution < -0.4 is 0 Å². The van der Waals surface area contributed by atoms with Crippen LogP contribution in [0.3, 0.4) is 0 Å². The summed E-state index contributed by atoms with van der Waals surface area (Å²) in [5.41, 5.74) is 0.822. The zero-order valence-corrected chi connectivity index (χ0v) is 9.83. The zero-order valence-electron chi connectivity index (χ0n) is 9.83. The van der Waals surface area contributed by atoms with Crippen molar-refractivity contribution in [2.75, 3.05) is 14.1 Å². The van der Waals surface area contributed by atoms with E-state index < -0.39 is 6.04 Å². The fraction of sp³-hybridized carbons (Fsp3) is 0.308. The second kappa shape index (κ2) is 5.03. The first-order chi connectivity index (χ1) is 7.45. The molecule has 16 heavy (non-hydrogen) atoms. The molecule has 0 saturated heterocycles. The van der Waals surface area contributed by atoms with Crippen LogP contribution in [-0.4, -0.2) is 24.8 Å². The lowest BCUT2D eigenvalue weighted by molar-refractivity contribution is -0.120. The number of carbonyl (C=O) groups excluding carboxylic acids is 1. The molecule has 2 nitrogen and oxygen atoms in total. The Morgan fingerprint density at radius 3 is 2.38 bits per heavy atom. The second-order valence-electron chi connectivity index (χ2n) is 4.03. The van der Waals surface area contributed by atoms with Crippen LogP contribution >= 0.6 is 0 Å². The average molecular weight is 221 g/mol. The van der Waals surface area contributed by atoms with Crippen molar-refractivity contribution in [1.29, 1.82) is 0 Å². The number of rotatable bonds is 4. The van der Waals surface area contributed by atoms with Crippen LogP contribution in [0.1, 0.15) is 18.5 Å². The molecule has 0 aliphatic carbocycles. The van der Waals surface area contributed by atoms with Gasteiger partial charge in [0.1, 0.15) is 11.9 Å². The average Bonchev–Trinajstić information content (AvgIpc) is 2.20. The summed E-state index contributed by atoms with van der Waals surface area (Å²) in [5.74, 6) is -0.522. The van der Waals surface area contributed by atoms with Crippen molar-refractivity contribution in [3.63, 3.8) is 0 Å². The third-order valence-electron chi connectivity index (χ3n) is 2.39. The lowest BCUT2D eigenvalue weighted by Crippen LogP contribution is -2.28. The predicted molar refractivity (Wildman–Crippen MR) is 62.6 cm³/mol. The Labute approximate surface area is 95.4 Å². The fourth-order valence-corrected chi connectivity index (χ4v) is 1.58. The highest BCUT2D eigenvalue weighted by molar-refractivity contribution is 5.99. The van der Waals surface area contributed by atoms with E-state index in [1.54, 1.807) is 44.1 Å². The second-order valence-corrected chi connectivity index (χ2v) is 4.03. The number of carbonyl (C=O) groups is 1. The molecule has 0 amide bonds. The molecule has 0 fully saturated rings. The number of halogens is 1. The molecule has 0 bridgehead atoms. The maximum absolute atomic E-state index is 13.6. The quantitative estimate of drug-likeness (QED) is 0.728. The first-order valence-corrected chi connectivity index (χ1v) is 5.05. The summed E-state index contributed by atoms with van der Waals surface area (Å²) in [6, 6.07) is 5.72. The van der Waals surface area contributed by atoms with E-state index in [0.717, 1.165) is 0 Å². The van der Waals surface area contributed by atoms with E-state index >= 15 is 0 Å². The molecule has 3 heteroatoms. The largest absolute Gasteiger partial charge is 0.296 e. The molecule has 0 N–H and O–H groups in total. The van der Waals surface area contributed by atoms with Gasteiger partial charge in [-0.25, -0.2) is 4.39 Å². The first-order valence-electron chi connectivity index (χ1n) is 5.05. The van der Waals surface area contributed by atoms with Gasteiger partial charge in [-0.05, 0) is 32.7 Å². The predicted octanol–water partition coefficient (Wildman–Crippen LogP) is 2.57. The number of nitrogens with zero attached hydrogens (tertiary/aromatic N) is 1. The van der Waals surface area contributed by atoms with Crippen LogP contribution in [0.25, 0.3) is 0 Å². The van der Waals surface area contributed by atoms with Gasteiger partial charge in [0.2, 0.25) is 0 Å². The Hall–Kier alpha value is -1.48. The molecule has 0 aliphatic heterocycles. The van der Waals surface area contributed by atoms with Gasteiger partial charge in [-0.1, -0.05) is 24.8 Å². The van der Waals surface area contributed by atoms with E-state index in [0.29, 0.717) is 11.1 Å². The summed E-state index contributed by atoms with van der Waals surface area (Å²) < 4.78 is 13.6. The summed E-state index contributed by atoms with van der Waals surface area (Å²) in [5, 5.41) is 0. The zero-order chi connectivity index (χ0) is 12.3. The minimum Gasteiger partial charge on any atom is -0.296 e. The molecule has 1 aromatic carbocycles. The van der Waals surface area contributed by atoms with Gasteiger partial charge >= 0.3 is 0 Å². The van der Waals surface area contributed by atoms with Crippen molar-refractivity contribution in [3.05, 3.63) is 47.8 Å². The molecule has 1 atom stereocenters. The number of hydrogen-bond acceptors (Lipinski definition) is 2. The Morgan fingerprint density at radius 1 is 1.38 bits per heavy atom. The van der Waals surface area contributed by atoms with Crippen molar-refractivity contribution in [2.45, 2.75) is 13.0 Å². The molecule has 0 saturated carbocycles. The van der Waals surface area contributed by atoms with Crippen LogP contribution in [0, 0.1) is 5.82 Å². The molecule has 0 aliphatic rings. The lowest BCUT2D eigenvalue weighted by atomic mass is 9.97. The molecule has 0 heterocycles. The highest BCUT2D eigenvalue weighted by atomic mass is 19.1. The summed E-state index contributed by atoms with van der Waals surface area (Å²) in [6.45, 7) is 5.25. The van der Waals surface area contributed by atoms with Crippen LogP contribution in [0.15, 0.2) is 36.4 Å². The topological polar surface area (TPSA) is 20.3 Å². The lowest BCUT2D eigenvalue weighted by Gasteiger charge is -2.23. The molecule has 0 spiro atoms. The Kier molecular flexibility index (Phi) is 3.96. The van der Waals surface area contributed by atoms with E-state index in [2.05, 4.69) is 6.58 Å². The van der Waals surface area contributed by atoms with Gasteiger partial charge in [-0.15, -0.1) is 0 Å². The molecule has 1 rings (SSSR count). The molecular formula is C13H16FNO. The van der Waals surface area contributed by atoms with Crippen molar-refractivity contribution in [1.82, 2.24) is 4.90 Å². The van der Waals surface area contributed by atoms with Crippen molar-refractivity contribution in [3.8, 4) is 0 Å². The smallest absolute Gasteiger partial charge is 0.179 e. The monoisotopic (exact) mass is 221 g/mol. The molecule has 1 aromatic rings. The molecule has 0 unspecified atom stereocenters. The third kappa shape index (κ3) is 2.55. The van der Waals surface area contributed by atoms with Gasteiger partial charge < -0.3 is 0 Å². The van der Waals surface area contributed by atoms with Gasteiger partial charge in [0.25, 0.3) is 0 Å². The van der Waals surface area contributed by atoms with Gasteiger partial charge in [-0.2, -0.15) is 0 Å². The number of hydrogen-bond donors (Lipinski definition) is 0. The van der Waals surface area contributed by atoms with Crippen LogP contribution in [0.4, 0.5) is 4.39 Å². The fourth-order valence-electron chi connectivity index (χ4n) is 1.58. The molecular weight excluding hydrogens is 205 g/mol. The van der Waals surface area contributed by atoms with Crippen LogP contribution in [0.5, 0.6) is 0 Å². The summed E-state index contributed by atoms with van der Waals surface area (Å²) in [7, 11) is 3.50. The van der Waals surface area contributed by atoms with Crippen LogP contribution in [0.2, 0.25) is 0 Å². The van der Waals surface area contributed by atoms with E-state index in [4.69, 9.17) is 0 Å². The SMILES string of the molecule is C=C(C)C(=O)[C@@H](c1ccccc1F)N(C)C. The number of ketones is 1. The van der Waals surface area contributed by atoms with Crippen molar-refractivity contribution < 1.29 is 9.18 Å². The Balaban J connectivity index is 3.18. The number of benzene rings is 1. The highest BCUT2D eigenvalue weighted by Crippen LogP contribution is 2.24. The minimum atomic E-state index is -0.598. The molecule has 86 valence electrons. The van der Waals surface area contributed by atoms with Gasteiger partial charge in [0.15, 0.2) is 5.78 Å². The highest BCUT2D eigenvalue weighted by Gasteiger charge is 2.25. The maximum Gasteiger partial charge on any atom is 0.179 e. The number of Topliss-reactive ketones (excluding diaryl/α,β-unsaturated/α-hetero) is 1. The molecule has 0 radical (unpaired) electrons. The van der Waals surface area contributed by atoms with Crippen molar-refractivity contribution >= 4 is 5.78 Å². The van der Waals surface area contributed by atoms with Crippen LogP contribution in [-0.2, 0) is 4.79 Å². The van der Waals surface area contributed by atoms with Gasteiger partial charge in [0, 0.05) is 5.56 Å². The summed E-state index contributed by atoms with van der Waals surface area (Å²) in [6.07, 6.45) is 0. The van der Waals surface area contributed by atoms with E-state index in [9.17, 15) is 9.18 Å². The summed E-state index contributed by atoms with van der Waals surface area (Å²) in [4.78, 5) is 13.6. The standard InChI is InChI=1S/C13H16FNO/c1-9(2)13(16)12(15(3)4)10-7-5-6-8-11(10)14/h5-8,12H,1H2,2-4H3/t12-/m1/s1. The maximum atomic E-state index is 13.6. The normalized spacial score (nSPS) is 12.6. The van der Waals surface area contributed by atoms with Gasteiger partial charge in [0.05, 0.1) is 0 Å². The van der Waals surface area contributed by atoms with Gasteiger partial charge in [-0.3, -0.25) is 9.69 Å². The molecule has 0 aromatic heterocycles. The van der Waals surface area contributed by atoms with E-state index in [1.165, 1.54) is 6.07 Å². The van der Waals surface area contributed by atoms with E-state index in [1.807, 2.05) is 0 Å². The summed E-state index contributed by atoms with van der Waals surface area (Å²) >= 11 is 0. The third-order valence-corrected chi connectivity index (χ3v) is 2.39. The van der Waals surface area contributed by atoms with E-state index in [-0.39, 0.29) is 11.6 Å². The first kappa shape index (κ1) is 12.6. The minimum absolute atomic E-state index is 0.157. The Morgan fingerprint density at radius 2 is 1.94 bits per heavy atom. The number of likely N-dealkylation sites (N-methyl/N-ethyl adjacent to an activating group) is 1. The van der Waals surface area contributed by atoms with Crippen molar-refractivity contribution in [2.24, 2.45) is 0 Å².